The molecule has 144 valence electrons. The van der Waals surface area contributed by atoms with E-state index >= 15 is 0 Å². The maximum Gasteiger partial charge on any atom is 0.475 e. The largest absolute Gasteiger partial charge is 0.475 e. The predicted octanol–water partition coefficient (Wildman–Crippen LogP) is 2.03. The molecule has 0 saturated heterocycles. The van der Waals surface area contributed by atoms with Crippen LogP contribution >= 0.6 is 0 Å². The molecule has 2 aromatic carbocycles. The molecule has 5 nitrogen and oxygen atoms in total. The second-order valence-corrected chi connectivity index (χ2v) is 7.08. The number of carbonyl (C=O) groups excluding carboxylic acids is 1. The molecule has 1 atom stereocenters. The van der Waals surface area contributed by atoms with Crippen molar-refractivity contribution in [3.05, 3.63) is 71.8 Å². The molecule has 3 N–H and O–H groups in total. The molecule has 0 unspecified atom stereocenters. The highest BCUT2D eigenvalue weighted by Gasteiger charge is 2.25. The molecule has 0 aliphatic rings. The van der Waals surface area contributed by atoms with Crippen LogP contribution in [0.4, 0.5) is 0 Å². The van der Waals surface area contributed by atoms with E-state index in [-0.39, 0.29) is 5.91 Å². The van der Waals surface area contributed by atoms with Crippen LogP contribution in [-0.4, -0.2) is 46.5 Å². The molecule has 27 heavy (non-hydrogen) atoms. The first-order valence-electron chi connectivity index (χ1n) is 9.43. The molecule has 0 aliphatic heterocycles. The van der Waals surface area contributed by atoms with Gasteiger partial charge in [-0.2, -0.15) is 0 Å². The first-order valence-corrected chi connectivity index (χ1v) is 9.43. The summed E-state index contributed by atoms with van der Waals surface area (Å²) in [5.74, 6) is -0.899. The fourth-order valence-corrected chi connectivity index (χ4v) is 2.96. The van der Waals surface area contributed by atoms with Gasteiger partial charge in [-0.1, -0.05) is 60.7 Å². The molecular weight excluding hydrogens is 339 g/mol. The van der Waals surface area contributed by atoms with E-state index in [1.807, 2.05) is 48.5 Å². The minimum absolute atomic E-state index is 0.178. The van der Waals surface area contributed by atoms with Gasteiger partial charge < -0.3 is 15.4 Å². The van der Waals surface area contributed by atoms with Gasteiger partial charge in [-0.3, -0.25) is 9.69 Å². The monoisotopic (exact) mass is 368 g/mol. The molecule has 0 aliphatic carbocycles. The molecule has 0 fully saturated rings. The van der Waals surface area contributed by atoms with Gasteiger partial charge in [0.1, 0.15) is 0 Å². The van der Waals surface area contributed by atoms with Crippen LogP contribution in [-0.2, 0) is 17.8 Å². The van der Waals surface area contributed by atoms with Crippen molar-refractivity contribution in [2.24, 2.45) is 0 Å². The zero-order chi connectivity index (χ0) is 19.6. The summed E-state index contributed by atoms with van der Waals surface area (Å²) in [6.07, 6.45) is 0.686. The number of amides is 1. The Hall–Kier alpha value is -2.15. The van der Waals surface area contributed by atoms with Crippen LogP contribution < -0.4 is 5.32 Å². The standard InChI is InChI=1S/C21H29BN2O3/c1-17(2)24(16-19-11-7-4-8-12-19)14-13-21(25)23-20(22(26)27)15-18-9-5-3-6-10-18/h3-12,17,20,26-27H,13-16H2,1-2H3,(H,23,25)/t20-/m0/s1. The average molecular weight is 368 g/mol. The summed E-state index contributed by atoms with van der Waals surface area (Å²) < 4.78 is 0. The maximum atomic E-state index is 12.4. The van der Waals surface area contributed by atoms with Crippen LogP contribution in [0.5, 0.6) is 0 Å². The number of rotatable bonds is 10. The lowest BCUT2D eigenvalue weighted by molar-refractivity contribution is -0.121. The summed E-state index contributed by atoms with van der Waals surface area (Å²) in [4.78, 5) is 14.6. The highest BCUT2D eigenvalue weighted by Crippen LogP contribution is 2.09. The molecule has 0 radical (unpaired) electrons. The van der Waals surface area contributed by atoms with E-state index in [0.717, 1.165) is 12.1 Å². The number of nitrogens with zero attached hydrogens (tertiary/aromatic N) is 1. The van der Waals surface area contributed by atoms with Crippen LogP contribution in [0.15, 0.2) is 60.7 Å². The van der Waals surface area contributed by atoms with Gasteiger partial charge >= 0.3 is 7.12 Å². The minimum Gasteiger partial charge on any atom is -0.426 e. The Bertz CT molecular complexity index is 680. The van der Waals surface area contributed by atoms with E-state index in [1.165, 1.54) is 5.56 Å². The van der Waals surface area contributed by atoms with Gasteiger partial charge in [0.2, 0.25) is 5.91 Å². The van der Waals surface area contributed by atoms with Crippen molar-refractivity contribution in [1.82, 2.24) is 10.2 Å². The lowest BCUT2D eigenvalue weighted by Gasteiger charge is -2.27. The lowest BCUT2D eigenvalue weighted by Crippen LogP contribution is -2.48. The highest BCUT2D eigenvalue weighted by molar-refractivity contribution is 6.43. The van der Waals surface area contributed by atoms with E-state index in [9.17, 15) is 14.8 Å². The van der Waals surface area contributed by atoms with Gasteiger partial charge in [-0.05, 0) is 31.4 Å². The summed E-state index contributed by atoms with van der Waals surface area (Å²) in [5, 5.41) is 22.0. The van der Waals surface area contributed by atoms with Crippen molar-refractivity contribution < 1.29 is 14.8 Å². The van der Waals surface area contributed by atoms with Gasteiger partial charge in [0.05, 0.1) is 5.94 Å². The van der Waals surface area contributed by atoms with E-state index in [0.29, 0.717) is 25.4 Å². The molecule has 0 spiro atoms. The third kappa shape index (κ3) is 7.55. The second kappa shape index (κ2) is 10.9. The Balaban J connectivity index is 1.87. The van der Waals surface area contributed by atoms with E-state index < -0.39 is 13.1 Å². The Morgan fingerprint density at radius 3 is 2.07 bits per heavy atom. The van der Waals surface area contributed by atoms with Crippen LogP contribution in [0.3, 0.4) is 0 Å². The highest BCUT2D eigenvalue weighted by atomic mass is 16.4. The van der Waals surface area contributed by atoms with Gasteiger partial charge in [0.25, 0.3) is 0 Å². The van der Waals surface area contributed by atoms with Crippen LogP contribution in [0.25, 0.3) is 0 Å². The Kier molecular flexibility index (Phi) is 8.52. The van der Waals surface area contributed by atoms with Crippen molar-refractivity contribution in [1.29, 1.82) is 0 Å². The SMILES string of the molecule is CC(C)N(CCC(=O)N[C@@H](Cc1ccccc1)B(O)O)Cc1ccccc1. The average Bonchev–Trinajstić information content (AvgIpc) is 2.66. The normalized spacial score (nSPS) is 12.2. The molecule has 1 amide bonds. The second-order valence-electron chi connectivity index (χ2n) is 7.08. The summed E-state index contributed by atoms with van der Waals surface area (Å²) in [6.45, 7) is 5.60. The summed E-state index contributed by atoms with van der Waals surface area (Å²) >= 11 is 0. The molecular formula is C21H29BN2O3. The van der Waals surface area contributed by atoms with E-state index in [2.05, 4.69) is 36.2 Å². The fourth-order valence-electron chi connectivity index (χ4n) is 2.96. The van der Waals surface area contributed by atoms with Gasteiger partial charge in [0, 0.05) is 25.6 Å². The summed E-state index contributed by atoms with van der Waals surface area (Å²) in [5.41, 5.74) is 2.16. The smallest absolute Gasteiger partial charge is 0.426 e. The molecule has 6 heteroatoms. The van der Waals surface area contributed by atoms with Crippen molar-refractivity contribution in [3.8, 4) is 0 Å². The van der Waals surface area contributed by atoms with E-state index in [4.69, 9.17) is 0 Å². The number of nitrogens with one attached hydrogen (secondary N) is 1. The molecule has 0 saturated carbocycles. The number of hydrogen-bond donors (Lipinski definition) is 3. The van der Waals surface area contributed by atoms with Crippen molar-refractivity contribution in [2.75, 3.05) is 6.54 Å². The van der Waals surface area contributed by atoms with Gasteiger partial charge in [0.15, 0.2) is 0 Å². The zero-order valence-corrected chi connectivity index (χ0v) is 16.1. The van der Waals surface area contributed by atoms with Crippen LogP contribution in [0.2, 0.25) is 0 Å². The molecule has 0 bridgehead atoms. The Morgan fingerprint density at radius 2 is 1.56 bits per heavy atom. The van der Waals surface area contributed by atoms with Gasteiger partial charge in [-0.15, -0.1) is 0 Å². The van der Waals surface area contributed by atoms with Gasteiger partial charge in [-0.25, -0.2) is 0 Å². The Labute approximate surface area is 162 Å². The topological polar surface area (TPSA) is 72.8 Å². The lowest BCUT2D eigenvalue weighted by atomic mass is 9.76. The number of carbonyl (C=O) groups is 1. The molecule has 0 aromatic heterocycles. The predicted molar refractivity (Wildman–Crippen MR) is 109 cm³/mol. The van der Waals surface area contributed by atoms with Crippen molar-refractivity contribution in [2.45, 2.75) is 45.2 Å². The van der Waals surface area contributed by atoms with Crippen molar-refractivity contribution in [3.63, 3.8) is 0 Å². The quantitative estimate of drug-likeness (QED) is 0.561. The number of hydrogen-bond acceptors (Lipinski definition) is 4. The summed E-state index contributed by atoms with van der Waals surface area (Å²) in [7, 11) is -1.60. The first-order chi connectivity index (χ1) is 13.0. The molecule has 0 heterocycles. The van der Waals surface area contributed by atoms with Crippen LogP contribution in [0.1, 0.15) is 31.4 Å². The van der Waals surface area contributed by atoms with Crippen molar-refractivity contribution >= 4 is 13.0 Å². The third-order valence-corrected chi connectivity index (χ3v) is 4.59. The summed E-state index contributed by atoms with van der Waals surface area (Å²) in [6, 6.07) is 20.0. The first kappa shape index (κ1) is 21.2. The maximum absolute atomic E-state index is 12.4. The molecule has 2 rings (SSSR count). The number of benzene rings is 2. The zero-order valence-electron chi connectivity index (χ0n) is 16.1. The van der Waals surface area contributed by atoms with Crippen LogP contribution in [0, 0.1) is 0 Å². The van der Waals surface area contributed by atoms with E-state index in [1.54, 1.807) is 0 Å². The fraction of sp³-hybridized carbons (Fsp3) is 0.381. The third-order valence-electron chi connectivity index (χ3n) is 4.59. The Morgan fingerprint density at radius 1 is 1.00 bits per heavy atom. The minimum atomic E-state index is -1.60. The molecule has 2 aromatic rings.